The number of guanidine groups is 1. The molecule has 2 N–H and O–H groups in total. The van der Waals surface area contributed by atoms with Crippen molar-refractivity contribution in [3.8, 4) is 0 Å². The van der Waals surface area contributed by atoms with Crippen LogP contribution in [0.5, 0.6) is 0 Å². The zero-order chi connectivity index (χ0) is 14.2. The summed E-state index contributed by atoms with van der Waals surface area (Å²) in [5.41, 5.74) is 0. The van der Waals surface area contributed by atoms with Crippen LogP contribution in [-0.2, 0) is 13.0 Å². The van der Waals surface area contributed by atoms with Gasteiger partial charge in [-0.2, -0.15) is 16.9 Å². The van der Waals surface area contributed by atoms with Crippen LogP contribution < -0.4 is 10.6 Å². The predicted octanol–water partition coefficient (Wildman–Crippen LogP) is 0.901. The molecule has 2 heterocycles. The van der Waals surface area contributed by atoms with Gasteiger partial charge in [-0.25, -0.2) is 9.67 Å². The molecule has 0 aromatic carbocycles. The lowest BCUT2D eigenvalue weighted by Crippen LogP contribution is -2.47. The molecule has 6 nitrogen and oxygen atoms in total. The minimum atomic E-state index is 0.376. The largest absolute Gasteiger partial charge is 0.356 e. The number of nitrogens with one attached hydrogen (secondary N) is 2. The highest BCUT2D eigenvalue weighted by atomic mass is 32.2. The summed E-state index contributed by atoms with van der Waals surface area (Å²) in [4.78, 5) is 8.53. The minimum absolute atomic E-state index is 0.376. The number of rotatable bonds is 6. The maximum atomic E-state index is 4.29. The van der Waals surface area contributed by atoms with E-state index in [2.05, 4.69) is 32.0 Å². The Labute approximate surface area is 124 Å². The van der Waals surface area contributed by atoms with Gasteiger partial charge in [-0.3, -0.25) is 4.99 Å². The van der Waals surface area contributed by atoms with Gasteiger partial charge in [-0.05, 0) is 31.3 Å². The van der Waals surface area contributed by atoms with Crippen molar-refractivity contribution in [2.45, 2.75) is 38.3 Å². The number of thioether (sulfide) groups is 1. The van der Waals surface area contributed by atoms with Crippen molar-refractivity contribution in [2.24, 2.45) is 4.99 Å². The fraction of sp³-hybridized carbons (Fsp3) is 0.769. The highest BCUT2D eigenvalue weighted by Gasteiger charge is 2.20. The SMILES string of the molecule is CN=C(NCCCCSC)NC1CCc2ncnn2C1. The fourth-order valence-corrected chi connectivity index (χ4v) is 2.81. The van der Waals surface area contributed by atoms with Gasteiger partial charge in [0.2, 0.25) is 0 Å². The highest BCUT2D eigenvalue weighted by molar-refractivity contribution is 7.98. The quantitative estimate of drug-likeness (QED) is 0.464. The van der Waals surface area contributed by atoms with Crippen LogP contribution in [0.3, 0.4) is 0 Å². The molecule has 112 valence electrons. The monoisotopic (exact) mass is 296 g/mol. The van der Waals surface area contributed by atoms with Gasteiger partial charge in [0.25, 0.3) is 0 Å². The molecule has 0 fully saturated rings. The van der Waals surface area contributed by atoms with E-state index in [4.69, 9.17) is 0 Å². The summed E-state index contributed by atoms with van der Waals surface area (Å²) in [6.07, 6.45) is 8.26. The van der Waals surface area contributed by atoms with Gasteiger partial charge in [0, 0.05) is 26.1 Å². The first-order valence-corrected chi connectivity index (χ1v) is 8.55. The molecule has 1 aliphatic rings. The second-order valence-electron chi connectivity index (χ2n) is 4.94. The molecule has 1 aromatic rings. The lowest BCUT2D eigenvalue weighted by Gasteiger charge is -2.25. The van der Waals surface area contributed by atoms with E-state index >= 15 is 0 Å². The van der Waals surface area contributed by atoms with E-state index < -0.39 is 0 Å². The lowest BCUT2D eigenvalue weighted by molar-refractivity contribution is 0.392. The predicted molar refractivity (Wildman–Crippen MR) is 84.2 cm³/mol. The van der Waals surface area contributed by atoms with Crippen molar-refractivity contribution in [2.75, 3.05) is 25.6 Å². The smallest absolute Gasteiger partial charge is 0.191 e. The van der Waals surface area contributed by atoms with Gasteiger partial charge in [0.05, 0.1) is 6.54 Å². The van der Waals surface area contributed by atoms with Crippen molar-refractivity contribution in [1.82, 2.24) is 25.4 Å². The van der Waals surface area contributed by atoms with Crippen LogP contribution in [0.1, 0.15) is 25.1 Å². The summed E-state index contributed by atoms with van der Waals surface area (Å²) in [7, 11) is 1.82. The van der Waals surface area contributed by atoms with Gasteiger partial charge in [0.1, 0.15) is 12.2 Å². The number of aromatic nitrogens is 3. The molecule has 0 spiro atoms. The van der Waals surface area contributed by atoms with Crippen molar-refractivity contribution in [3.63, 3.8) is 0 Å². The van der Waals surface area contributed by atoms with E-state index in [9.17, 15) is 0 Å². The number of aryl methyl sites for hydroxylation is 1. The minimum Gasteiger partial charge on any atom is -0.356 e. The Morgan fingerprint density at radius 3 is 3.25 bits per heavy atom. The molecular formula is C13H24N6S. The maximum absolute atomic E-state index is 4.29. The van der Waals surface area contributed by atoms with Crippen molar-refractivity contribution < 1.29 is 0 Å². The van der Waals surface area contributed by atoms with Crippen LogP contribution in [0.25, 0.3) is 0 Å². The van der Waals surface area contributed by atoms with Crippen LogP contribution >= 0.6 is 11.8 Å². The Hall–Kier alpha value is -1.24. The number of nitrogens with zero attached hydrogens (tertiary/aromatic N) is 4. The Morgan fingerprint density at radius 1 is 1.55 bits per heavy atom. The number of hydrogen-bond acceptors (Lipinski definition) is 4. The van der Waals surface area contributed by atoms with Gasteiger partial charge < -0.3 is 10.6 Å². The average Bonchev–Trinajstić information content (AvgIpc) is 2.93. The molecule has 1 aromatic heterocycles. The first-order chi connectivity index (χ1) is 9.83. The molecule has 0 saturated heterocycles. The van der Waals surface area contributed by atoms with Gasteiger partial charge in [-0.15, -0.1) is 0 Å². The first kappa shape index (κ1) is 15.2. The van der Waals surface area contributed by atoms with E-state index in [0.29, 0.717) is 6.04 Å². The van der Waals surface area contributed by atoms with Crippen LogP contribution in [0.2, 0.25) is 0 Å². The summed E-state index contributed by atoms with van der Waals surface area (Å²) in [5.74, 6) is 3.21. The summed E-state index contributed by atoms with van der Waals surface area (Å²) < 4.78 is 1.98. The number of aliphatic imine (C=N–C) groups is 1. The standard InChI is InChI=1S/C13H24N6S/c1-14-13(15-7-3-4-8-20-2)18-11-5-6-12-16-10-17-19(12)9-11/h10-11H,3-9H2,1-2H3,(H2,14,15,18). The van der Waals surface area contributed by atoms with Gasteiger partial charge in [0.15, 0.2) is 5.96 Å². The Bertz CT molecular complexity index is 430. The van der Waals surface area contributed by atoms with Crippen LogP contribution in [0, 0.1) is 0 Å². The third-order valence-corrected chi connectivity index (χ3v) is 4.13. The van der Waals surface area contributed by atoms with E-state index in [1.807, 2.05) is 23.5 Å². The molecule has 0 aliphatic carbocycles. The number of fused-ring (bicyclic) bond motifs is 1. The van der Waals surface area contributed by atoms with Crippen molar-refractivity contribution in [1.29, 1.82) is 0 Å². The molecule has 1 unspecified atom stereocenters. The molecule has 0 radical (unpaired) electrons. The molecule has 7 heteroatoms. The van der Waals surface area contributed by atoms with Gasteiger partial charge >= 0.3 is 0 Å². The van der Waals surface area contributed by atoms with E-state index in [1.165, 1.54) is 18.6 Å². The topological polar surface area (TPSA) is 67.1 Å². The number of unbranched alkanes of at least 4 members (excludes halogenated alkanes) is 1. The van der Waals surface area contributed by atoms with Gasteiger partial charge in [-0.1, -0.05) is 0 Å². The van der Waals surface area contributed by atoms with Crippen LogP contribution in [-0.4, -0.2) is 52.4 Å². The van der Waals surface area contributed by atoms with Crippen molar-refractivity contribution >= 4 is 17.7 Å². The Morgan fingerprint density at radius 2 is 2.45 bits per heavy atom. The second kappa shape index (κ2) is 8.14. The van der Waals surface area contributed by atoms with E-state index in [0.717, 1.165) is 37.7 Å². The molecule has 20 heavy (non-hydrogen) atoms. The third-order valence-electron chi connectivity index (χ3n) is 3.44. The van der Waals surface area contributed by atoms with E-state index in [-0.39, 0.29) is 0 Å². The Kier molecular flexibility index (Phi) is 6.17. The summed E-state index contributed by atoms with van der Waals surface area (Å²) in [5, 5.41) is 11.1. The average molecular weight is 296 g/mol. The number of hydrogen-bond donors (Lipinski definition) is 2. The molecule has 0 amide bonds. The van der Waals surface area contributed by atoms with Crippen LogP contribution in [0.4, 0.5) is 0 Å². The first-order valence-electron chi connectivity index (χ1n) is 7.16. The Balaban J connectivity index is 1.71. The molecular weight excluding hydrogens is 272 g/mol. The maximum Gasteiger partial charge on any atom is 0.191 e. The molecule has 2 rings (SSSR count). The molecule has 1 atom stereocenters. The fourth-order valence-electron chi connectivity index (χ4n) is 2.32. The summed E-state index contributed by atoms with van der Waals surface area (Å²) >= 11 is 1.90. The normalized spacial score (nSPS) is 18.7. The second-order valence-corrected chi connectivity index (χ2v) is 5.92. The summed E-state index contributed by atoms with van der Waals surface area (Å²) in [6.45, 7) is 1.84. The van der Waals surface area contributed by atoms with E-state index in [1.54, 1.807) is 6.33 Å². The molecule has 0 saturated carbocycles. The highest BCUT2D eigenvalue weighted by Crippen LogP contribution is 2.11. The molecule has 0 bridgehead atoms. The third kappa shape index (κ3) is 4.40. The lowest BCUT2D eigenvalue weighted by atomic mass is 10.1. The zero-order valence-electron chi connectivity index (χ0n) is 12.3. The summed E-state index contributed by atoms with van der Waals surface area (Å²) in [6, 6.07) is 0.376. The molecule has 1 aliphatic heterocycles. The van der Waals surface area contributed by atoms with Crippen molar-refractivity contribution in [3.05, 3.63) is 12.2 Å². The zero-order valence-corrected chi connectivity index (χ0v) is 13.1. The van der Waals surface area contributed by atoms with Crippen LogP contribution in [0.15, 0.2) is 11.3 Å².